The van der Waals surface area contributed by atoms with Crippen molar-refractivity contribution in [3.05, 3.63) is 65.7 Å². The first-order valence-electron chi connectivity index (χ1n) is 12.5. The minimum Gasteiger partial charge on any atom is -0.477 e. The molecule has 1 aromatic carbocycles. The van der Waals surface area contributed by atoms with E-state index in [4.69, 9.17) is 14.9 Å². The highest BCUT2D eigenvalue weighted by atomic mass is 16.5. The normalized spacial score (nSPS) is 16.1. The van der Waals surface area contributed by atoms with Crippen LogP contribution >= 0.6 is 0 Å². The zero-order valence-corrected chi connectivity index (χ0v) is 20.6. The van der Waals surface area contributed by atoms with Crippen molar-refractivity contribution in [3.63, 3.8) is 0 Å². The van der Waals surface area contributed by atoms with Gasteiger partial charge in [0, 0.05) is 79.8 Å². The molecule has 0 saturated carbocycles. The molecule has 0 spiro atoms. The van der Waals surface area contributed by atoms with Crippen LogP contribution in [-0.4, -0.2) is 61.4 Å². The lowest BCUT2D eigenvalue weighted by atomic mass is 9.96. The average Bonchev–Trinajstić information content (AvgIpc) is 3.31. The molecule has 1 N–H and O–H groups in total. The number of ether oxygens (including phenoxy) is 1. The predicted molar refractivity (Wildman–Crippen MR) is 137 cm³/mol. The van der Waals surface area contributed by atoms with Gasteiger partial charge in [-0.05, 0) is 36.4 Å². The SMILES string of the molecule is CC(=O)N1CCc2c(c(-c3cccc4cc(-c5ccc(C(=O)O)nc5)ncc34)nn2C2CCOCC2)C1. The van der Waals surface area contributed by atoms with Crippen LogP contribution in [0, 0.1) is 0 Å². The summed E-state index contributed by atoms with van der Waals surface area (Å²) in [6.45, 7) is 4.34. The second kappa shape index (κ2) is 9.40. The van der Waals surface area contributed by atoms with Crippen LogP contribution in [0.4, 0.5) is 0 Å². The number of carbonyl (C=O) groups excluding carboxylic acids is 1. The van der Waals surface area contributed by atoms with Gasteiger partial charge in [-0.2, -0.15) is 5.10 Å². The van der Waals surface area contributed by atoms with Crippen LogP contribution in [0.15, 0.2) is 48.8 Å². The highest BCUT2D eigenvalue weighted by molar-refractivity contribution is 5.97. The molecule has 5 heterocycles. The summed E-state index contributed by atoms with van der Waals surface area (Å²) < 4.78 is 7.79. The molecule has 0 aliphatic carbocycles. The molecule has 0 unspecified atom stereocenters. The van der Waals surface area contributed by atoms with Crippen LogP contribution in [0.5, 0.6) is 0 Å². The summed E-state index contributed by atoms with van der Waals surface area (Å²) in [6, 6.07) is 11.6. The number of benzene rings is 1. The van der Waals surface area contributed by atoms with Gasteiger partial charge in [-0.25, -0.2) is 9.78 Å². The van der Waals surface area contributed by atoms with Gasteiger partial charge in [0.15, 0.2) is 0 Å². The number of aromatic carboxylic acids is 1. The molecule has 9 heteroatoms. The van der Waals surface area contributed by atoms with E-state index >= 15 is 0 Å². The van der Waals surface area contributed by atoms with Gasteiger partial charge in [0.25, 0.3) is 0 Å². The maximum atomic E-state index is 12.2. The van der Waals surface area contributed by atoms with Crippen LogP contribution in [-0.2, 0) is 22.5 Å². The Bertz CT molecular complexity index is 1510. The van der Waals surface area contributed by atoms with Gasteiger partial charge < -0.3 is 14.7 Å². The third-order valence-electron chi connectivity index (χ3n) is 7.37. The standard InChI is InChI=1S/C28H27N5O4/c1-17(34)32-10-7-26-23(16-32)27(31-33(26)20-8-11-37-12-9-20)21-4-2-3-18-13-25(30-15-22(18)21)19-5-6-24(28(35)36)29-14-19/h2-6,13-15,20H,7-12,16H2,1H3,(H,35,36). The Balaban J connectivity index is 1.44. The van der Waals surface area contributed by atoms with E-state index in [2.05, 4.69) is 20.7 Å². The minimum atomic E-state index is -1.06. The number of carboxylic acid groups (broad SMARTS) is 1. The molecule has 3 aromatic heterocycles. The fourth-order valence-corrected chi connectivity index (χ4v) is 5.37. The number of hydrogen-bond acceptors (Lipinski definition) is 6. The largest absolute Gasteiger partial charge is 0.477 e. The second-order valence-corrected chi connectivity index (χ2v) is 9.59. The quantitative estimate of drug-likeness (QED) is 0.452. The van der Waals surface area contributed by atoms with E-state index in [0.717, 1.165) is 65.6 Å². The third kappa shape index (κ3) is 4.25. The third-order valence-corrected chi connectivity index (χ3v) is 7.37. The van der Waals surface area contributed by atoms with E-state index in [1.807, 2.05) is 29.3 Å². The van der Waals surface area contributed by atoms with Gasteiger partial charge in [0.2, 0.25) is 5.91 Å². The smallest absolute Gasteiger partial charge is 0.354 e. The fourth-order valence-electron chi connectivity index (χ4n) is 5.37. The molecule has 1 amide bonds. The first-order chi connectivity index (χ1) is 18.0. The Morgan fingerprint density at radius 3 is 2.65 bits per heavy atom. The number of carbonyl (C=O) groups is 2. The maximum absolute atomic E-state index is 12.2. The number of rotatable bonds is 4. The molecule has 0 radical (unpaired) electrons. The summed E-state index contributed by atoms with van der Waals surface area (Å²) in [5.41, 5.74) is 5.67. The molecule has 2 aliphatic rings. The number of aromatic nitrogens is 4. The van der Waals surface area contributed by atoms with Crippen LogP contribution in [0.1, 0.15) is 47.6 Å². The molecule has 6 rings (SSSR count). The van der Waals surface area contributed by atoms with Crippen molar-refractivity contribution in [2.75, 3.05) is 19.8 Å². The second-order valence-electron chi connectivity index (χ2n) is 9.59. The lowest BCUT2D eigenvalue weighted by Gasteiger charge is -2.29. The summed E-state index contributed by atoms with van der Waals surface area (Å²) in [7, 11) is 0. The number of carboxylic acids is 1. The van der Waals surface area contributed by atoms with Crippen molar-refractivity contribution < 1.29 is 19.4 Å². The number of pyridine rings is 2. The van der Waals surface area contributed by atoms with Gasteiger partial charge in [-0.1, -0.05) is 18.2 Å². The first kappa shape index (κ1) is 23.3. The van der Waals surface area contributed by atoms with Gasteiger partial charge >= 0.3 is 5.97 Å². The van der Waals surface area contributed by atoms with Crippen molar-refractivity contribution >= 4 is 22.6 Å². The van der Waals surface area contributed by atoms with E-state index < -0.39 is 5.97 Å². The van der Waals surface area contributed by atoms with Gasteiger partial charge in [-0.15, -0.1) is 0 Å². The molecule has 1 saturated heterocycles. The number of amides is 1. The molecule has 2 aliphatic heterocycles. The highest BCUT2D eigenvalue weighted by Crippen LogP contribution is 2.37. The summed E-state index contributed by atoms with van der Waals surface area (Å²) >= 11 is 0. The summed E-state index contributed by atoms with van der Waals surface area (Å²) in [5.74, 6) is -0.989. The molecular weight excluding hydrogens is 470 g/mol. The number of fused-ring (bicyclic) bond motifs is 2. The molecule has 188 valence electrons. The predicted octanol–water partition coefficient (Wildman–Crippen LogP) is 4.11. The van der Waals surface area contributed by atoms with E-state index in [1.165, 1.54) is 18.0 Å². The first-order valence-corrected chi connectivity index (χ1v) is 12.5. The van der Waals surface area contributed by atoms with Crippen molar-refractivity contribution in [2.45, 2.75) is 38.8 Å². The van der Waals surface area contributed by atoms with Crippen LogP contribution in [0.3, 0.4) is 0 Å². The Labute approximate surface area is 213 Å². The molecule has 1 fully saturated rings. The highest BCUT2D eigenvalue weighted by Gasteiger charge is 2.30. The molecular formula is C28H27N5O4. The Morgan fingerprint density at radius 2 is 1.92 bits per heavy atom. The lowest BCUT2D eigenvalue weighted by molar-refractivity contribution is -0.129. The maximum Gasteiger partial charge on any atom is 0.354 e. The number of hydrogen-bond donors (Lipinski definition) is 1. The lowest BCUT2D eigenvalue weighted by Crippen LogP contribution is -2.35. The van der Waals surface area contributed by atoms with Gasteiger partial charge in [0.05, 0.1) is 17.4 Å². The molecule has 4 aromatic rings. The topological polar surface area (TPSA) is 110 Å². The average molecular weight is 498 g/mol. The van der Waals surface area contributed by atoms with E-state index in [9.17, 15) is 9.59 Å². The van der Waals surface area contributed by atoms with Gasteiger partial charge in [0.1, 0.15) is 5.69 Å². The molecule has 0 atom stereocenters. The van der Waals surface area contributed by atoms with Crippen molar-refractivity contribution in [1.82, 2.24) is 24.6 Å². The summed E-state index contributed by atoms with van der Waals surface area (Å²) in [6.07, 6.45) is 6.02. The van der Waals surface area contributed by atoms with Crippen LogP contribution in [0.2, 0.25) is 0 Å². The Morgan fingerprint density at radius 1 is 1.08 bits per heavy atom. The van der Waals surface area contributed by atoms with E-state index in [0.29, 0.717) is 24.8 Å². The molecule has 9 nitrogen and oxygen atoms in total. The minimum absolute atomic E-state index is 0.00341. The van der Waals surface area contributed by atoms with Crippen molar-refractivity contribution in [2.24, 2.45) is 0 Å². The fraction of sp³-hybridized carbons (Fsp3) is 0.321. The molecule has 0 bridgehead atoms. The van der Waals surface area contributed by atoms with Crippen LogP contribution in [0.25, 0.3) is 33.3 Å². The number of nitrogens with zero attached hydrogens (tertiary/aromatic N) is 5. The zero-order valence-electron chi connectivity index (χ0n) is 20.6. The van der Waals surface area contributed by atoms with E-state index in [-0.39, 0.29) is 11.6 Å². The zero-order chi connectivity index (χ0) is 25.5. The monoisotopic (exact) mass is 497 g/mol. The summed E-state index contributed by atoms with van der Waals surface area (Å²) in [5, 5.41) is 16.3. The Kier molecular flexibility index (Phi) is 5.92. The molecule has 37 heavy (non-hydrogen) atoms. The Hall–Kier alpha value is -4.11. The van der Waals surface area contributed by atoms with Crippen molar-refractivity contribution in [3.8, 4) is 22.5 Å². The van der Waals surface area contributed by atoms with Crippen LogP contribution < -0.4 is 0 Å². The van der Waals surface area contributed by atoms with Crippen molar-refractivity contribution in [1.29, 1.82) is 0 Å². The van der Waals surface area contributed by atoms with E-state index in [1.54, 1.807) is 13.0 Å². The van der Waals surface area contributed by atoms with Gasteiger partial charge in [-0.3, -0.25) is 14.5 Å². The summed E-state index contributed by atoms with van der Waals surface area (Å²) in [4.78, 5) is 34.0.